The Labute approximate surface area is 184 Å². The van der Waals surface area contributed by atoms with E-state index in [1.165, 1.54) is 0 Å². The predicted octanol–water partition coefficient (Wildman–Crippen LogP) is 2.61. The van der Waals surface area contributed by atoms with Crippen molar-refractivity contribution in [2.75, 3.05) is 18.5 Å². The molecule has 8 heteroatoms. The molecule has 0 fully saturated rings. The van der Waals surface area contributed by atoms with Crippen LogP contribution in [0.4, 0.5) is 5.69 Å². The van der Waals surface area contributed by atoms with Gasteiger partial charge < -0.3 is 25.3 Å². The number of ether oxygens (including phenoxy) is 3. The van der Waals surface area contributed by atoms with E-state index in [1.54, 1.807) is 68.4 Å². The SMILES string of the molecule is CCOC(=O)C1=C(N)OC(c2ccccc2)=C(C(=O)OCC)C12C(=O)Nc1ccccc12. The normalized spacial score (nSPS) is 19.4. The molecule has 0 saturated heterocycles. The van der Waals surface area contributed by atoms with Crippen molar-refractivity contribution in [1.82, 2.24) is 0 Å². The van der Waals surface area contributed by atoms with Crippen LogP contribution < -0.4 is 11.1 Å². The summed E-state index contributed by atoms with van der Waals surface area (Å²) in [6.45, 7) is 3.37. The molecule has 32 heavy (non-hydrogen) atoms. The third kappa shape index (κ3) is 3.03. The number of esters is 2. The van der Waals surface area contributed by atoms with Gasteiger partial charge >= 0.3 is 11.9 Å². The zero-order valence-electron chi connectivity index (χ0n) is 17.6. The van der Waals surface area contributed by atoms with Gasteiger partial charge in [-0.05, 0) is 19.9 Å². The van der Waals surface area contributed by atoms with E-state index in [0.29, 0.717) is 16.8 Å². The fourth-order valence-electron chi connectivity index (χ4n) is 4.14. The first-order chi connectivity index (χ1) is 15.5. The lowest BCUT2D eigenvalue weighted by Gasteiger charge is -2.36. The summed E-state index contributed by atoms with van der Waals surface area (Å²) in [5, 5.41) is 2.77. The molecule has 2 aromatic carbocycles. The maximum atomic E-state index is 13.7. The molecule has 8 nitrogen and oxygen atoms in total. The summed E-state index contributed by atoms with van der Waals surface area (Å²) in [4.78, 5) is 40.1. The molecule has 1 unspecified atom stereocenters. The highest BCUT2D eigenvalue weighted by molar-refractivity contribution is 6.23. The fourth-order valence-corrected chi connectivity index (χ4v) is 4.14. The Hall–Kier alpha value is -4.07. The molecule has 0 saturated carbocycles. The summed E-state index contributed by atoms with van der Waals surface area (Å²) >= 11 is 0. The number of fused-ring (bicyclic) bond motifs is 2. The van der Waals surface area contributed by atoms with E-state index >= 15 is 0 Å². The average molecular weight is 434 g/mol. The van der Waals surface area contributed by atoms with E-state index in [4.69, 9.17) is 19.9 Å². The largest absolute Gasteiger partial charge is 0.462 e. The average Bonchev–Trinajstić information content (AvgIpc) is 3.06. The van der Waals surface area contributed by atoms with Crippen molar-refractivity contribution in [2.24, 2.45) is 5.73 Å². The Morgan fingerprint density at radius 3 is 2.19 bits per heavy atom. The molecule has 0 bridgehead atoms. The summed E-state index contributed by atoms with van der Waals surface area (Å²) in [7, 11) is 0. The van der Waals surface area contributed by atoms with E-state index in [-0.39, 0.29) is 36.0 Å². The predicted molar refractivity (Wildman–Crippen MR) is 116 cm³/mol. The first kappa shape index (κ1) is 21.2. The Bertz CT molecular complexity index is 1170. The molecule has 1 atom stereocenters. The molecule has 4 rings (SSSR count). The molecule has 1 spiro atoms. The van der Waals surface area contributed by atoms with Gasteiger partial charge in [-0.25, -0.2) is 9.59 Å². The van der Waals surface area contributed by atoms with Crippen LogP contribution in [0.15, 0.2) is 71.6 Å². The summed E-state index contributed by atoms with van der Waals surface area (Å²) in [6.07, 6.45) is 0. The molecule has 2 aliphatic rings. The summed E-state index contributed by atoms with van der Waals surface area (Å²) in [6, 6.07) is 15.5. The number of amides is 1. The lowest BCUT2D eigenvalue weighted by Crippen LogP contribution is -2.48. The Morgan fingerprint density at radius 2 is 1.53 bits per heavy atom. The molecule has 2 aliphatic heterocycles. The number of carbonyl (C=O) groups is 3. The van der Waals surface area contributed by atoms with Gasteiger partial charge in [0, 0.05) is 16.8 Å². The first-order valence-corrected chi connectivity index (χ1v) is 10.2. The number of anilines is 1. The maximum Gasteiger partial charge on any atom is 0.341 e. The highest BCUT2D eigenvalue weighted by Crippen LogP contribution is 2.53. The number of rotatable bonds is 5. The minimum Gasteiger partial charge on any atom is -0.462 e. The van der Waals surface area contributed by atoms with Crippen LogP contribution in [-0.2, 0) is 34.0 Å². The van der Waals surface area contributed by atoms with Crippen molar-refractivity contribution in [3.05, 3.63) is 82.8 Å². The van der Waals surface area contributed by atoms with Gasteiger partial charge in [0.2, 0.25) is 11.8 Å². The van der Waals surface area contributed by atoms with Gasteiger partial charge in [0.25, 0.3) is 0 Å². The highest BCUT2D eigenvalue weighted by Gasteiger charge is 2.62. The van der Waals surface area contributed by atoms with Crippen LogP contribution in [-0.4, -0.2) is 31.1 Å². The Morgan fingerprint density at radius 1 is 0.938 bits per heavy atom. The Kier molecular flexibility index (Phi) is 5.44. The quantitative estimate of drug-likeness (QED) is 0.695. The third-order valence-corrected chi connectivity index (χ3v) is 5.35. The molecular formula is C24H22N2O6. The van der Waals surface area contributed by atoms with Crippen LogP contribution in [0.2, 0.25) is 0 Å². The second-order valence-electron chi connectivity index (χ2n) is 7.10. The van der Waals surface area contributed by atoms with Crippen LogP contribution in [0.25, 0.3) is 5.76 Å². The van der Waals surface area contributed by atoms with Crippen molar-refractivity contribution < 1.29 is 28.6 Å². The van der Waals surface area contributed by atoms with Gasteiger partial charge in [0.15, 0.2) is 0 Å². The minimum absolute atomic E-state index is 0.0406. The van der Waals surface area contributed by atoms with E-state index in [9.17, 15) is 14.4 Å². The summed E-state index contributed by atoms with van der Waals surface area (Å²) in [5.41, 5.74) is 5.28. The molecule has 2 heterocycles. The molecule has 0 aromatic heterocycles. The topological polar surface area (TPSA) is 117 Å². The molecular weight excluding hydrogens is 412 g/mol. The van der Waals surface area contributed by atoms with Gasteiger partial charge in [-0.15, -0.1) is 0 Å². The molecule has 2 aromatic rings. The van der Waals surface area contributed by atoms with Gasteiger partial charge in [0.05, 0.1) is 13.2 Å². The van der Waals surface area contributed by atoms with Crippen LogP contribution in [0, 0.1) is 0 Å². The van der Waals surface area contributed by atoms with Gasteiger partial charge in [-0.3, -0.25) is 4.79 Å². The molecule has 164 valence electrons. The number of hydrogen-bond donors (Lipinski definition) is 2. The zero-order valence-corrected chi connectivity index (χ0v) is 17.6. The van der Waals surface area contributed by atoms with Crippen LogP contribution in [0.1, 0.15) is 25.0 Å². The number of carbonyl (C=O) groups excluding carboxylic acids is 3. The summed E-state index contributed by atoms with van der Waals surface area (Å²) in [5.74, 6) is -2.55. The van der Waals surface area contributed by atoms with E-state index < -0.39 is 23.3 Å². The van der Waals surface area contributed by atoms with Crippen molar-refractivity contribution in [1.29, 1.82) is 0 Å². The molecule has 1 amide bonds. The van der Waals surface area contributed by atoms with Gasteiger partial charge in [-0.1, -0.05) is 48.5 Å². The van der Waals surface area contributed by atoms with E-state index in [2.05, 4.69) is 5.32 Å². The lowest BCUT2D eigenvalue weighted by atomic mass is 9.67. The molecule has 3 N–H and O–H groups in total. The molecule has 0 radical (unpaired) electrons. The van der Waals surface area contributed by atoms with Crippen molar-refractivity contribution in [3.63, 3.8) is 0 Å². The second-order valence-corrected chi connectivity index (χ2v) is 7.10. The van der Waals surface area contributed by atoms with Crippen molar-refractivity contribution in [2.45, 2.75) is 19.3 Å². The number of para-hydroxylation sites is 1. The number of nitrogens with two attached hydrogens (primary N) is 1. The van der Waals surface area contributed by atoms with E-state index in [0.717, 1.165) is 0 Å². The van der Waals surface area contributed by atoms with Crippen LogP contribution in [0.5, 0.6) is 0 Å². The van der Waals surface area contributed by atoms with Crippen molar-refractivity contribution in [3.8, 4) is 0 Å². The standard InChI is InChI=1S/C24H22N2O6/c1-3-30-21(27)17-19(14-10-6-5-7-11-14)32-20(25)18(22(28)31-4-2)24(17)15-12-8-9-13-16(15)26-23(24)29/h5-13H,3-4,25H2,1-2H3,(H,26,29). The molecule has 0 aliphatic carbocycles. The van der Waals surface area contributed by atoms with Gasteiger partial charge in [0.1, 0.15) is 22.3 Å². The van der Waals surface area contributed by atoms with Gasteiger partial charge in [-0.2, -0.15) is 0 Å². The minimum atomic E-state index is -1.90. The third-order valence-electron chi connectivity index (χ3n) is 5.35. The van der Waals surface area contributed by atoms with Crippen molar-refractivity contribution >= 4 is 29.3 Å². The monoisotopic (exact) mass is 434 g/mol. The number of benzene rings is 2. The lowest BCUT2D eigenvalue weighted by molar-refractivity contribution is -0.142. The number of nitrogens with one attached hydrogen (secondary N) is 1. The zero-order chi connectivity index (χ0) is 22.9. The maximum absolute atomic E-state index is 13.7. The smallest absolute Gasteiger partial charge is 0.341 e. The first-order valence-electron chi connectivity index (χ1n) is 10.2. The van der Waals surface area contributed by atoms with E-state index in [1.807, 2.05) is 0 Å². The van der Waals surface area contributed by atoms with Crippen LogP contribution >= 0.6 is 0 Å². The second kappa shape index (κ2) is 8.22. The van der Waals surface area contributed by atoms with Crippen LogP contribution in [0.3, 0.4) is 0 Å². The fraction of sp³-hybridized carbons (Fsp3) is 0.208. The number of hydrogen-bond acceptors (Lipinski definition) is 7. The summed E-state index contributed by atoms with van der Waals surface area (Å²) < 4.78 is 16.4. The Balaban J connectivity index is 2.12. The highest BCUT2D eigenvalue weighted by atomic mass is 16.5.